The lowest BCUT2D eigenvalue weighted by molar-refractivity contribution is 0.0875. The molecule has 1 atom stereocenters. The van der Waals surface area contributed by atoms with Crippen LogP contribution in [0.25, 0.3) is 0 Å². The summed E-state index contributed by atoms with van der Waals surface area (Å²) in [5.41, 5.74) is 1.86. The fourth-order valence-corrected chi connectivity index (χ4v) is 3.45. The minimum absolute atomic E-state index is 0.0636. The van der Waals surface area contributed by atoms with E-state index in [2.05, 4.69) is 51.5 Å². The SMILES string of the molecule is CC(C)n1nccc1C(=O)NCC(c1ccccc1)N1CCN(C)CC1. The molecule has 6 nitrogen and oxygen atoms in total. The Balaban J connectivity index is 1.71. The molecule has 2 aromatic rings. The third-order valence-corrected chi connectivity index (χ3v) is 5.01. The van der Waals surface area contributed by atoms with Gasteiger partial charge in [-0.2, -0.15) is 5.10 Å². The number of aromatic nitrogens is 2. The fourth-order valence-electron chi connectivity index (χ4n) is 3.45. The van der Waals surface area contributed by atoms with Crippen molar-refractivity contribution in [3.05, 3.63) is 53.9 Å². The zero-order chi connectivity index (χ0) is 18.5. The summed E-state index contributed by atoms with van der Waals surface area (Å²) in [5.74, 6) is -0.0636. The Morgan fingerprint density at radius 2 is 1.81 bits per heavy atom. The summed E-state index contributed by atoms with van der Waals surface area (Å²) in [6.45, 7) is 8.78. The number of piperazine rings is 1. The molecule has 140 valence electrons. The van der Waals surface area contributed by atoms with Gasteiger partial charge in [0.15, 0.2) is 0 Å². The molecule has 1 aromatic heterocycles. The molecule has 26 heavy (non-hydrogen) atoms. The highest BCUT2D eigenvalue weighted by Gasteiger charge is 2.25. The minimum atomic E-state index is -0.0636. The highest BCUT2D eigenvalue weighted by molar-refractivity contribution is 5.92. The molecule has 0 saturated carbocycles. The van der Waals surface area contributed by atoms with Crippen molar-refractivity contribution in [2.24, 2.45) is 0 Å². The van der Waals surface area contributed by atoms with Gasteiger partial charge >= 0.3 is 0 Å². The van der Waals surface area contributed by atoms with E-state index in [0.29, 0.717) is 12.2 Å². The summed E-state index contributed by atoms with van der Waals surface area (Å²) in [7, 11) is 2.16. The number of carbonyl (C=O) groups excluding carboxylic acids is 1. The molecular formula is C20H29N5O. The highest BCUT2D eigenvalue weighted by Crippen LogP contribution is 2.21. The topological polar surface area (TPSA) is 53.4 Å². The predicted octanol–water partition coefficient (Wildman–Crippen LogP) is 2.18. The second-order valence-corrected chi connectivity index (χ2v) is 7.23. The van der Waals surface area contributed by atoms with E-state index in [0.717, 1.165) is 26.2 Å². The van der Waals surface area contributed by atoms with Crippen molar-refractivity contribution >= 4 is 5.91 Å². The predicted molar refractivity (Wildman–Crippen MR) is 103 cm³/mol. The van der Waals surface area contributed by atoms with Crippen LogP contribution in [0.4, 0.5) is 0 Å². The first-order chi connectivity index (χ1) is 12.6. The Bertz CT molecular complexity index is 704. The molecule has 1 aliphatic rings. The smallest absolute Gasteiger partial charge is 0.269 e. The summed E-state index contributed by atoms with van der Waals surface area (Å²) >= 11 is 0. The van der Waals surface area contributed by atoms with Gasteiger partial charge in [-0.15, -0.1) is 0 Å². The molecule has 0 bridgehead atoms. The normalized spacial score (nSPS) is 17.4. The minimum Gasteiger partial charge on any atom is -0.349 e. The average Bonchev–Trinajstić information content (AvgIpc) is 3.14. The number of nitrogens with one attached hydrogen (secondary N) is 1. The number of benzene rings is 1. The van der Waals surface area contributed by atoms with Crippen LogP contribution in [0, 0.1) is 0 Å². The quantitative estimate of drug-likeness (QED) is 0.863. The summed E-state index contributed by atoms with van der Waals surface area (Å²) in [4.78, 5) is 17.5. The van der Waals surface area contributed by atoms with Gasteiger partial charge < -0.3 is 10.2 Å². The molecule has 3 rings (SSSR count). The number of carbonyl (C=O) groups is 1. The molecule has 1 saturated heterocycles. The molecule has 0 radical (unpaired) electrons. The maximum absolute atomic E-state index is 12.7. The molecule has 0 aliphatic carbocycles. The summed E-state index contributed by atoms with van der Waals surface area (Å²) in [6, 6.07) is 12.6. The second-order valence-electron chi connectivity index (χ2n) is 7.23. The number of amides is 1. The largest absolute Gasteiger partial charge is 0.349 e. The van der Waals surface area contributed by atoms with Crippen LogP contribution < -0.4 is 5.32 Å². The maximum atomic E-state index is 12.7. The number of rotatable bonds is 6. The second kappa shape index (κ2) is 8.47. The van der Waals surface area contributed by atoms with Crippen LogP contribution in [-0.4, -0.2) is 65.3 Å². The van der Waals surface area contributed by atoms with E-state index in [-0.39, 0.29) is 18.0 Å². The van der Waals surface area contributed by atoms with Crippen LogP contribution in [0.5, 0.6) is 0 Å². The van der Waals surface area contributed by atoms with Gasteiger partial charge in [0.2, 0.25) is 0 Å². The van der Waals surface area contributed by atoms with E-state index in [4.69, 9.17) is 0 Å². The van der Waals surface area contributed by atoms with Gasteiger partial charge in [-0.1, -0.05) is 30.3 Å². The zero-order valence-corrected chi connectivity index (χ0v) is 15.9. The van der Waals surface area contributed by atoms with Crippen LogP contribution in [0.3, 0.4) is 0 Å². The third kappa shape index (κ3) is 4.31. The third-order valence-electron chi connectivity index (χ3n) is 5.01. The van der Waals surface area contributed by atoms with Gasteiger partial charge in [0.25, 0.3) is 5.91 Å². The molecular weight excluding hydrogens is 326 g/mol. The van der Waals surface area contributed by atoms with Crippen molar-refractivity contribution in [2.45, 2.75) is 25.9 Å². The van der Waals surface area contributed by atoms with Crippen LogP contribution in [0.1, 0.15) is 42.0 Å². The van der Waals surface area contributed by atoms with Crippen molar-refractivity contribution in [1.29, 1.82) is 0 Å². The molecule has 6 heteroatoms. The number of nitrogens with zero attached hydrogens (tertiary/aromatic N) is 4. The lowest BCUT2D eigenvalue weighted by Crippen LogP contribution is -2.48. The molecule has 1 amide bonds. The van der Waals surface area contributed by atoms with Crippen LogP contribution in [0.15, 0.2) is 42.6 Å². The molecule has 1 aliphatic heterocycles. The van der Waals surface area contributed by atoms with E-state index < -0.39 is 0 Å². The first-order valence-electron chi connectivity index (χ1n) is 9.35. The standard InChI is InChI=1S/C20H29N5O/c1-16(2)25-18(9-10-22-25)20(26)21-15-19(17-7-5-4-6-8-17)24-13-11-23(3)12-14-24/h4-10,16,19H,11-15H2,1-3H3,(H,21,26). The summed E-state index contributed by atoms with van der Waals surface area (Å²) in [6.07, 6.45) is 1.68. The first kappa shape index (κ1) is 18.6. The number of hydrogen-bond donors (Lipinski definition) is 1. The van der Waals surface area contributed by atoms with Crippen molar-refractivity contribution in [2.75, 3.05) is 39.8 Å². The lowest BCUT2D eigenvalue weighted by atomic mass is 10.0. The van der Waals surface area contributed by atoms with E-state index in [1.807, 2.05) is 19.9 Å². The summed E-state index contributed by atoms with van der Waals surface area (Å²) in [5, 5.41) is 7.39. The van der Waals surface area contributed by atoms with E-state index in [9.17, 15) is 4.79 Å². The van der Waals surface area contributed by atoms with E-state index in [1.165, 1.54) is 5.56 Å². The van der Waals surface area contributed by atoms with Crippen molar-refractivity contribution < 1.29 is 4.79 Å². The van der Waals surface area contributed by atoms with Crippen molar-refractivity contribution in [1.82, 2.24) is 24.9 Å². The Morgan fingerprint density at radius 1 is 1.12 bits per heavy atom. The van der Waals surface area contributed by atoms with Gasteiger partial charge in [-0.05, 0) is 32.5 Å². The number of hydrogen-bond acceptors (Lipinski definition) is 4. The van der Waals surface area contributed by atoms with Crippen LogP contribution in [0.2, 0.25) is 0 Å². The Hall–Kier alpha value is -2.18. The van der Waals surface area contributed by atoms with Crippen molar-refractivity contribution in [3.63, 3.8) is 0 Å². The van der Waals surface area contributed by atoms with Crippen LogP contribution in [-0.2, 0) is 0 Å². The van der Waals surface area contributed by atoms with Crippen molar-refractivity contribution in [3.8, 4) is 0 Å². The van der Waals surface area contributed by atoms with Gasteiger partial charge in [0.05, 0.1) is 6.04 Å². The average molecular weight is 355 g/mol. The Labute approximate surface area is 155 Å². The maximum Gasteiger partial charge on any atom is 0.269 e. The molecule has 1 aromatic carbocycles. The lowest BCUT2D eigenvalue weighted by Gasteiger charge is -2.38. The molecule has 2 heterocycles. The fraction of sp³-hybridized carbons (Fsp3) is 0.500. The molecule has 1 N–H and O–H groups in total. The molecule has 1 fully saturated rings. The number of likely N-dealkylation sites (N-methyl/N-ethyl adjacent to an activating group) is 1. The van der Waals surface area contributed by atoms with Gasteiger partial charge in [-0.3, -0.25) is 14.4 Å². The van der Waals surface area contributed by atoms with Crippen LogP contribution >= 0.6 is 0 Å². The van der Waals surface area contributed by atoms with Gasteiger partial charge in [0, 0.05) is 45.0 Å². The highest BCUT2D eigenvalue weighted by atomic mass is 16.2. The van der Waals surface area contributed by atoms with E-state index >= 15 is 0 Å². The zero-order valence-electron chi connectivity index (χ0n) is 15.9. The Morgan fingerprint density at radius 3 is 2.46 bits per heavy atom. The summed E-state index contributed by atoms with van der Waals surface area (Å²) < 4.78 is 1.77. The first-order valence-corrected chi connectivity index (χ1v) is 9.35. The van der Waals surface area contributed by atoms with Gasteiger partial charge in [0.1, 0.15) is 5.69 Å². The molecule has 0 spiro atoms. The monoisotopic (exact) mass is 355 g/mol. The van der Waals surface area contributed by atoms with Gasteiger partial charge in [-0.25, -0.2) is 0 Å². The van der Waals surface area contributed by atoms with E-state index in [1.54, 1.807) is 16.9 Å². The molecule has 1 unspecified atom stereocenters. The Kier molecular flexibility index (Phi) is 6.06.